The Morgan fingerprint density at radius 3 is 2.79 bits per heavy atom. The van der Waals surface area contributed by atoms with Crippen molar-refractivity contribution in [1.82, 2.24) is 10.2 Å². The van der Waals surface area contributed by atoms with Crippen LogP contribution in [0.3, 0.4) is 0 Å². The van der Waals surface area contributed by atoms with Gasteiger partial charge in [0.25, 0.3) is 5.78 Å². The molecule has 3 aromatic rings. The fourth-order valence-electron chi connectivity index (χ4n) is 4.39. The second-order valence-corrected chi connectivity index (χ2v) is 9.39. The zero-order chi connectivity index (χ0) is 24.0. The van der Waals surface area contributed by atoms with Gasteiger partial charge in [0.2, 0.25) is 5.13 Å². The molecule has 0 bridgehead atoms. The molecule has 1 saturated heterocycles. The summed E-state index contributed by atoms with van der Waals surface area (Å²) in [6.45, 7) is 6.09. The van der Waals surface area contributed by atoms with Crippen LogP contribution in [-0.4, -0.2) is 39.7 Å². The number of aliphatic hydroxyl groups excluding tert-OH is 1. The molecule has 1 fully saturated rings. The van der Waals surface area contributed by atoms with Gasteiger partial charge in [0, 0.05) is 12.0 Å². The highest BCUT2D eigenvalue weighted by Crippen LogP contribution is 2.44. The molecule has 3 heterocycles. The highest BCUT2D eigenvalue weighted by atomic mass is 32.1. The molecule has 2 aliphatic rings. The average Bonchev–Trinajstić information content (AvgIpc) is 3.48. The van der Waals surface area contributed by atoms with Crippen molar-refractivity contribution in [3.8, 4) is 11.5 Å². The zero-order valence-electron chi connectivity index (χ0n) is 18.9. The van der Waals surface area contributed by atoms with Gasteiger partial charge < -0.3 is 14.6 Å². The SMILES string of the molecule is CCOc1cccc(C2C(=C(O)c3ccc4c(c3)CC(C)O4)C(=O)C(=O)N2c2nnc(C)s2)c1. The molecule has 2 aliphatic heterocycles. The maximum atomic E-state index is 13.3. The van der Waals surface area contributed by atoms with Gasteiger partial charge in [-0.3, -0.25) is 14.5 Å². The van der Waals surface area contributed by atoms with E-state index < -0.39 is 17.7 Å². The Hall–Kier alpha value is -3.72. The van der Waals surface area contributed by atoms with E-state index >= 15 is 0 Å². The molecular formula is C25H23N3O5S. The second-order valence-electron chi connectivity index (χ2n) is 8.23. The predicted octanol–water partition coefficient (Wildman–Crippen LogP) is 4.19. The van der Waals surface area contributed by atoms with Crippen LogP contribution in [0.2, 0.25) is 0 Å². The van der Waals surface area contributed by atoms with Crippen LogP contribution in [0.25, 0.3) is 5.76 Å². The third-order valence-electron chi connectivity index (χ3n) is 5.82. The van der Waals surface area contributed by atoms with Crippen LogP contribution in [0, 0.1) is 6.92 Å². The Labute approximate surface area is 200 Å². The Bertz CT molecular complexity index is 1330. The van der Waals surface area contributed by atoms with E-state index in [9.17, 15) is 14.7 Å². The normalized spacial score (nSPS) is 21.0. The number of fused-ring (bicyclic) bond motifs is 1. The number of ketones is 1. The Kier molecular flexibility index (Phi) is 5.57. The number of Topliss-reactive ketones (excluding diaryl/α,β-unsaturated/α-hetero) is 1. The monoisotopic (exact) mass is 477 g/mol. The summed E-state index contributed by atoms with van der Waals surface area (Å²) < 4.78 is 11.4. The summed E-state index contributed by atoms with van der Waals surface area (Å²) in [5.74, 6) is -0.418. The summed E-state index contributed by atoms with van der Waals surface area (Å²) in [6.07, 6.45) is 0.745. The molecule has 1 N–H and O–H groups in total. The van der Waals surface area contributed by atoms with E-state index in [1.54, 1.807) is 43.3 Å². The van der Waals surface area contributed by atoms with Crippen LogP contribution in [0.1, 0.15) is 41.6 Å². The molecule has 174 valence electrons. The second kappa shape index (κ2) is 8.57. The molecule has 1 amide bonds. The zero-order valence-corrected chi connectivity index (χ0v) is 19.8. The van der Waals surface area contributed by atoms with E-state index in [2.05, 4.69) is 10.2 Å². The number of anilines is 1. The minimum atomic E-state index is -0.879. The van der Waals surface area contributed by atoms with Gasteiger partial charge in [-0.2, -0.15) is 0 Å². The standard InChI is InChI=1S/C25H23N3O5S/c1-4-32-18-7-5-6-15(12-18)21-20(23(30)24(31)28(21)25-27-26-14(3)34-25)22(29)16-8-9-19-17(11-16)10-13(2)33-19/h5-9,11-13,21,29H,4,10H2,1-3H3. The Morgan fingerprint density at radius 1 is 1.24 bits per heavy atom. The number of amides is 1. The first kappa shape index (κ1) is 22.1. The fraction of sp³-hybridized carbons (Fsp3) is 0.280. The lowest BCUT2D eigenvalue weighted by molar-refractivity contribution is -0.132. The van der Waals surface area contributed by atoms with Crippen LogP contribution in [0.5, 0.6) is 11.5 Å². The molecule has 8 nitrogen and oxygen atoms in total. The first-order valence-electron chi connectivity index (χ1n) is 11.0. The molecule has 2 aromatic carbocycles. The molecular weight excluding hydrogens is 454 g/mol. The van der Waals surface area contributed by atoms with Crippen molar-refractivity contribution < 1.29 is 24.2 Å². The van der Waals surface area contributed by atoms with Gasteiger partial charge in [-0.1, -0.05) is 23.5 Å². The number of ether oxygens (including phenoxy) is 2. The van der Waals surface area contributed by atoms with Crippen molar-refractivity contribution in [3.63, 3.8) is 0 Å². The van der Waals surface area contributed by atoms with E-state index in [0.717, 1.165) is 11.3 Å². The van der Waals surface area contributed by atoms with E-state index in [1.165, 1.54) is 16.2 Å². The van der Waals surface area contributed by atoms with Crippen molar-refractivity contribution in [2.24, 2.45) is 0 Å². The topological polar surface area (TPSA) is 102 Å². The minimum Gasteiger partial charge on any atom is -0.507 e. The maximum absolute atomic E-state index is 13.3. The van der Waals surface area contributed by atoms with Crippen LogP contribution >= 0.6 is 11.3 Å². The molecule has 5 rings (SSSR count). The van der Waals surface area contributed by atoms with Gasteiger partial charge in [-0.05, 0) is 62.2 Å². The number of hydrogen-bond donors (Lipinski definition) is 1. The van der Waals surface area contributed by atoms with Crippen LogP contribution < -0.4 is 14.4 Å². The molecule has 9 heteroatoms. The minimum absolute atomic E-state index is 0.00147. The lowest BCUT2D eigenvalue weighted by Gasteiger charge is -2.23. The fourth-order valence-corrected chi connectivity index (χ4v) is 5.11. The average molecular weight is 478 g/mol. The molecule has 0 saturated carbocycles. The quantitative estimate of drug-likeness (QED) is 0.334. The first-order valence-corrected chi connectivity index (χ1v) is 11.8. The highest BCUT2D eigenvalue weighted by Gasteiger charge is 2.48. The third kappa shape index (κ3) is 3.71. The molecule has 2 atom stereocenters. The number of aliphatic hydroxyl groups is 1. The largest absolute Gasteiger partial charge is 0.507 e. The molecule has 2 unspecified atom stereocenters. The number of nitrogens with zero attached hydrogens (tertiary/aromatic N) is 3. The van der Waals surface area contributed by atoms with Gasteiger partial charge >= 0.3 is 5.91 Å². The number of aryl methyl sites for hydroxylation is 1. The number of carbonyl (C=O) groups excluding carboxylic acids is 2. The Morgan fingerprint density at radius 2 is 2.06 bits per heavy atom. The lowest BCUT2D eigenvalue weighted by atomic mass is 9.94. The maximum Gasteiger partial charge on any atom is 0.301 e. The molecule has 0 radical (unpaired) electrons. The highest BCUT2D eigenvalue weighted by molar-refractivity contribution is 7.15. The molecule has 1 aromatic heterocycles. The summed E-state index contributed by atoms with van der Waals surface area (Å²) in [4.78, 5) is 27.8. The lowest BCUT2D eigenvalue weighted by Crippen LogP contribution is -2.29. The van der Waals surface area contributed by atoms with Crippen LogP contribution in [0.4, 0.5) is 5.13 Å². The van der Waals surface area contributed by atoms with Gasteiger partial charge in [0.1, 0.15) is 28.4 Å². The van der Waals surface area contributed by atoms with Crippen molar-refractivity contribution in [3.05, 3.63) is 69.7 Å². The van der Waals surface area contributed by atoms with Gasteiger partial charge in [-0.25, -0.2) is 0 Å². The molecule has 34 heavy (non-hydrogen) atoms. The van der Waals surface area contributed by atoms with Crippen molar-refractivity contribution >= 4 is 33.9 Å². The van der Waals surface area contributed by atoms with E-state index in [4.69, 9.17) is 9.47 Å². The van der Waals surface area contributed by atoms with Crippen molar-refractivity contribution in [1.29, 1.82) is 0 Å². The van der Waals surface area contributed by atoms with Gasteiger partial charge in [0.15, 0.2) is 0 Å². The summed E-state index contributed by atoms with van der Waals surface area (Å²) in [6, 6.07) is 11.6. The number of carbonyl (C=O) groups is 2. The summed E-state index contributed by atoms with van der Waals surface area (Å²) in [7, 11) is 0. The van der Waals surface area contributed by atoms with Crippen LogP contribution in [0.15, 0.2) is 48.0 Å². The first-order chi connectivity index (χ1) is 16.4. The predicted molar refractivity (Wildman–Crippen MR) is 127 cm³/mol. The number of hydrogen-bond acceptors (Lipinski definition) is 8. The van der Waals surface area contributed by atoms with E-state index in [-0.39, 0.29) is 17.4 Å². The summed E-state index contributed by atoms with van der Waals surface area (Å²) in [5.41, 5.74) is 2.02. The van der Waals surface area contributed by atoms with Gasteiger partial charge in [-0.15, -0.1) is 10.2 Å². The van der Waals surface area contributed by atoms with E-state index in [1.807, 2.05) is 19.9 Å². The summed E-state index contributed by atoms with van der Waals surface area (Å²) in [5, 5.41) is 20.4. The Balaban J connectivity index is 1.68. The van der Waals surface area contributed by atoms with Crippen LogP contribution in [-0.2, 0) is 16.0 Å². The van der Waals surface area contributed by atoms with E-state index in [0.29, 0.717) is 40.0 Å². The third-order valence-corrected chi connectivity index (χ3v) is 6.66. The van der Waals surface area contributed by atoms with Crippen molar-refractivity contribution in [2.45, 2.75) is 39.3 Å². The smallest absolute Gasteiger partial charge is 0.301 e. The molecule has 0 spiro atoms. The van der Waals surface area contributed by atoms with Gasteiger partial charge in [0.05, 0.1) is 18.2 Å². The number of aromatic nitrogens is 2. The number of rotatable bonds is 5. The van der Waals surface area contributed by atoms with Crippen molar-refractivity contribution in [2.75, 3.05) is 11.5 Å². The number of benzene rings is 2. The molecule has 0 aliphatic carbocycles. The summed E-state index contributed by atoms with van der Waals surface area (Å²) >= 11 is 1.21.